The highest BCUT2D eigenvalue weighted by atomic mass is 16.3. The number of nitrogens with one attached hydrogen (secondary N) is 2. The van der Waals surface area contributed by atoms with E-state index in [0.29, 0.717) is 29.8 Å². The largest absolute Gasteiger partial charge is 0.461 e. The first kappa shape index (κ1) is 29.8. The normalized spacial score (nSPS) is 17.6. The van der Waals surface area contributed by atoms with Crippen LogP contribution in [0.5, 0.6) is 0 Å². The first-order valence-electron chi connectivity index (χ1n) is 14.7. The molecule has 11 heteroatoms. The predicted octanol–water partition coefficient (Wildman–Crippen LogP) is 3.64. The van der Waals surface area contributed by atoms with Gasteiger partial charge in [-0.05, 0) is 87.6 Å². The van der Waals surface area contributed by atoms with Crippen molar-refractivity contribution in [1.82, 2.24) is 20.0 Å². The number of anilines is 1. The van der Waals surface area contributed by atoms with Crippen LogP contribution in [0.4, 0.5) is 5.69 Å². The highest BCUT2D eigenvalue weighted by Crippen LogP contribution is 2.23. The number of rotatable bonds is 6. The van der Waals surface area contributed by atoms with Crippen molar-refractivity contribution in [2.45, 2.75) is 45.1 Å². The maximum Gasteiger partial charge on any atom is 0.257 e. The number of aliphatic imine (C=N–C) groups is 1. The van der Waals surface area contributed by atoms with Gasteiger partial charge in [-0.15, -0.1) is 0 Å². The summed E-state index contributed by atoms with van der Waals surface area (Å²) in [5.41, 5.74) is 2.18. The summed E-state index contributed by atoms with van der Waals surface area (Å²) in [6.07, 6.45) is 4.00. The molecule has 43 heavy (non-hydrogen) atoms. The van der Waals surface area contributed by atoms with Crippen molar-refractivity contribution in [2.75, 3.05) is 45.6 Å². The van der Waals surface area contributed by atoms with E-state index in [4.69, 9.17) is 9.41 Å². The molecule has 4 amide bonds. The van der Waals surface area contributed by atoms with E-state index in [1.54, 1.807) is 43.3 Å². The van der Waals surface area contributed by atoms with Gasteiger partial charge in [0.25, 0.3) is 11.8 Å². The van der Waals surface area contributed by atoms with Gasteiger partial charge in [0.2, 0.25) is 17.8 Å². The predicted molar refractivity (Wildman–Crippen MR) is 164 cm³/mol. The lowest BCUT2D eigenvalue weighted by atomic mass is 10.1. The van der Waals surface area contributed by atoms with Crippen LogP contribution in [-0.4, -0.2) is 90.6 Å². The highest BCUT2D eigenvalue weighted by molar-refractivity contribution is 6.11. The second-order valence-electron chi connectivity index (χ2n) is 11.3. The van der Waals surface area contributed by atoms with Gasteiger partial charge in [-0.3, -0.25) is 24.5 Å². The molecule has 226 valence electrons. The molecule has 0 aliphatic carbocycles. The minimum atomic E-state index is -0.767. The Bertz CT molecular complexity index is 1540. The molecule has 11 nitrogen and oxygen atoms in total. The summed E-state index contributed by atoms with van der Waals surface area (Å²) in [7, 11) is 3.33. The number of carbonyl (C=O) groups excluding carboxylic acids is 4. The molecule has 2 fully saturated rings. The van der Waals surface area contributed by atoms with Gasteiger partial charge in [-0.2, -0.15) is 0 Å². The molecule has 2 saturated heterocycles. The van der Waals surface area contributed by atoms with E-state index in [1.807, 2.05) is 36.1 Å². The fourth-order valence-corrected chi connectivity index (χ4v) is 5.44. The van der Waals surface area contributed by atoms with Gasteiger partial charge < -0.3 is 24.4 Å². The Morgan fingerprint density at radius 3 is 2.37 bits per heavy atom. The highest BCUT2D eigenvalue weighted by Gasteiger charge is 2.30. The third kappa shape index (κ3) is 7.22. The van der Waals surface area contributed by atoms with Crippen LogP contribution in [0.25, 0.3) is 11.0 Å². The van der Waals surface area contributed by atoms with E-state index < -0.39 is 11.9 Å². The minimum absolute atomic E-state index is 0.0362. The number of benzene rings is 2. The Kier molecular flexibility index (Phi) is 9.08. The van der Waals surface area contributed by atoms with E-state index in [-0.39, 0.29) is 30.2 Å². The molecule has 1 aromatic heterocycles. The van der Waals surface area contributed by atoms with Crippen LogP contribution in [0.1, 0.15) is 58.6 Å². The zero-order valence-corrected chi connectivity index (χ0v) is 24.9. The van der Waals surface area contributed by atoms with Crippen LogP contribution in [-0.2, 0) is 9.59 Å². The average Bonchev–Trinajstić information content (AvgIpc) is 3.63. The number of hydrogen-bond acceptors (Lipinski definition) is 6. The number of hydrogen-bond donors (Lipinski definition) is 2. The van der Waals surface area contributed by atoms with Crippen molar-refractivity contribution in [3.63, 3.8) is 0 Å². The number of likely N-dealkylation sites (tertiary alicyclic amines) is 2. The van der Waals surface area contributed by atoms with Gasteiger partial charge in [-0.1, -0.05) is 0 Å². The van der Waals surface area contributed by atoms with Crippen LogP contribution in [0.3, 0.4) is 0 Å². The lowest BCUT2D eigenvalue weighted by molar-refractivity contribution is -0.140. The van der Waals surface area contributed by atoms with Gasteiger partial charge >= 0.3 is 0 Å². The number of carbonyl (C=O) groups is 4. The summed E-state index contributed by atoms with van der Waals surface area (Å²) in [5.74, 6) is 0.00759. The van der Waals surface area contributed by atoms with Crippen LogP contribution >= 0.6 is 0 Å². The van der Waals surface area contributed by atoms with Gasteiger partial charge in [0, 0.05) is 55.9 Å². The molecule has 2 aromatic carbocycles. The van der Waals surface area contributed by atoms with Gasteiger partial charge in [0.15, 0.2) is 0 Å². The maximum absolute atomic E-state index is 13.6. The van der Waals surface area contributed by atoms with Crippen molar-refractivity contribution in [3.8, 4) is 0 Å². The molecule has 0 unspecified atom stereocenters. The molecule has 0 spiro atoms. The second kappa shape index (κ2) is 13.1. The zero-order chi connectivity index (χ0) is 30.5. The van der Waals surface area contributed by atoms with E-state index in [1.165, 1.54) is 4.90 Å². The summed E-state index contributed by atoms with van der Waals surface area (Å²) in [4.78, 5) is 61.7. The summed E-state index contributed by atoms with van der Waals surface area (Å²) in [6.45, 7) is 3.86. The van der Waals surface area contributed by atoms with Gasteiger partial charge in [0.05, 0.1) is 6.54 Å². The lowest BCUT2D eigenvalue weighted by Crippen LogP contribution is -2.45. The first-order chi connectivity index (χ1) is 20.7. The number of fused-ring (bicyclic) bond motifs is 1. The van der Waals surface area contributed by atoms with Crippen LogP contribution in [0.2, 0.25) is 0 Å². The standard InChI is InChI=1S/C32H38N6O5/c1-21-18-24-19-25(13-14-27(24)43-21)33-32(35-29(40)22-9-11-23(12-10-22)30(41)36(2)3)34-26-8-4-5-17-38(31(26)42)20-28(39)37-15-6-7-16-37/h9-14,18-19,26H,4-8,15-17,20H2,1-3H3,(H2,33,34,35,40)/t26-/m0/s1. The fraction of sp³-hybridized carbons (Fsp3) is 0.406. The SMILES string of the molecule is Cc1cc2cc(NC(=N[C@H]3CCCCN(CC(=O)N4CCCC4)C3=O)NC(=O)c3ccc(C(=O)N(C)C)cc3)ccc2o1. The van der Waals surface area contributed by atoms with E-state index in [9.17, 15) is 19.2 Å². The number of nitrogens with zero attached hydrogens (tertiary/aromatic N) is 4. The number of furan rings is 1. The Balaban J connectivity index is 1.39. The van der Waals surface area contributed by atoms with Crippen LogP contribution in [0, 0.1) is 6.92 Å². The van der Waals surface area contributed by atoms with E-state index in [2.05, 4.69) is 10.6 Å². The summed E-state index contributed by atoms with van der Waals surface area (Å²) in [5, 5.41) is 6.90. The van der Waals surface area contributed by atoms with Gasteiger partial charge in [0.1, 0.15) is 17.4 Å². The smallest absolute Gasteiger partial charge is 0.257 e. The van der Waals surface area contributed by atoms with Gasteiger partial charge in [-0.25, -0.2) is 4.99 Å². The Labute approximate surface area is 250 Å². The first-order valence-corrected chi connectivity index (χ1v) is 14.7. The average molecular weight is 587 g/mol. The molecule has 0 radical (unpaired) electrons. The molecule has 2 aliphatic rings. The quantitative estimate of drug-likeness (QED) is 0.335. The monoisotopic (exact) mass is 586 g/mol. The molecule has 3 aromatic rings. The lowest BCUT2D eigenvalue weighted by Gasteiger charge is -2.25. The molecule has 2 N–H and O–H groups in total. The Morgan fingerprint density at radius 1 is 0.953 bits per heavy atom. The van der Waals surface area contributed by atoms with Crippen molar-refractivity contribution >= 4 is 46.2 Å². The number of amides is 4. The van der Waals surface area contributed by atoms with E-state index in [0.717, 1.165) is 55.5 Å². The van der Waals surface area contributed by atoms with Crippen molar-refractivity contribution < 1.29 is 23.6 Å². The van der Waals surface area contributed by atoms with Crippen LogP contribution < -0.4 is 10.6 Å². The third-order valence-electron chi connectivity index (χ3n) is 7.76. The zero-order valence-electron chi connectivity index (χ0n) is 24.9. The van der Waals surface area contributed by atoms with E-state index >= 15 is 0 Å². The summed E-state index contributed by atoms with van der Waals surface area (Å²) >= 11 is 0. The number of guanidine groups is 1. The molecular weight excluding hydrogens is 548 g/mol. The maximum atomic E-state index is 13.6. The topological polar surface area (TPSA) is 128 Å². The Hall–Kier alpha value is -4.67. The second-order valence-corrected chi connectivity index (χ2v) is 11.3. The molecule has 0 saturated carbocycles. The minimum Gasteiger partial charge on any atom is -0.461 e. The van der Waals surface area contributed by atoms with Crippen molar-refractivity contribution in [3.05, 3.63) is 65.4 Å². The molecular formula is C32H38N6O5. The molecule has 5 rings (SSSR count). The number of aryl methyl sites for hydroxylation is 1. The molecule has 2 aliphatic heterocycles. The summed E-state index contributed by atoms with van der Waals surface area (Å²) < 4.78 is 5.69. The third-order valence-corrected chi connectivity index (χ3v) is 7.76. The molecule has 0 bridgehead atoms. The molecule has 1 atom stereocenters. The van der Waals surface area contributed by atoms with Crippen molar-refractivity contribution in [2.24, 2.45) is 4.99 Å². The fourth-order valence-electron chi connectivity index (χ4n) is 5.44. The Morgan fingerprint density at radius 2 is 1.65 bits per heavy atom. The van der Waals surface area contributed by atoms with Crippen molar-refractivity contribution in [1.29, 1.82) is 0 Å². The van der Waals surface area contributed by atoms with Crippen LogP contribution in [0.15, 0.2) is 57.9 Å². The summed E-state index contributed by atoms with van der Waals surface area (Å²) in [6, 6.07) is 13.0. The molecule has 3 heterocycles.